The fourth-order valence-corrected chi connectivity index (χ4v) is 5.77. The third-order valence-corrected chi connectivity index (χ3v) is 7.87. The topological polar surface area (TPSA) is 91.6 Å². The molecule has 33 heavy (non-hydrogen) atoms. The van der Waals surface area contributed by atoms with Crippen molar-refractivity contribution in [3.8, 4) is 11.1 Å². The van der Waals surface area contributed by atoms with E-state index in [4.69, 9.17) is 0 Å². The second kappa shape index (κ2) is 7.83. The number of aliphatic hydroxyl groups is 1. The number of pyridine rings is 1. The number of hydrogen-bond donors (Lipinski definition) is 2. The normalized spacial score (nSPS) is 27.8. The molecule has 1 aromatic heterocycles. The highest BCUT2D eigenvalue weighted by atomic mass is 16.3. The first-order valence-electron chi connectivity index (χ1n) is 12.1. The molecule has 1 saturated heterocycles. The quantitative estimate of drug-likeness (QED) is 0.708. The summed E-state index contributed by atoms with van der Waals surface area (Å²) in [6.45, 7) is 0.758. The van der Waals surface area contributed by atoms with Gasteiger partial charge in [0.1, 0.15) is 0 Å². The van der Waals surface area contributed by atoms with Gasteiger partial charge in [-0.3, -0.25) is 14.4 Å². The molecule has 3 heterocycles. The summed E-state index contributed by atoms with van der Waals surface area (Å²) in [5.74, 6) is -0.463. The molecular formula is C26H29N3O4. The Morgan fingerprint density at radius 3 is 2.45 bits per heavy atom. The molecule has 2 amide bonds. The summed E-state index contributed by atoms with van der Waals surface area (Å²) in [7, 11) is 0. The van der Waals surface area contributed by atoms with Crippen molar-refractivity contribution in [2.45, 2.75) is 44.3 Å². The Morgan fingerprint density at radius 1 is 1.03 bits per heavy atom. The van der Waals surface area contributed by atoms with Crippen molar-refractivity contribution in [2.24, 2.45) is 23.7 Å². The number of benzene rings is 1. The zero-order valence-corrected chi connectivity index (χ0v) is 18.5. The van der Waals surface area contributed by atoms with Crippen LogP contribution in [0.25, 0.3) is 11.1 Å². The minimum atomic E-state index is -0.558. The molecule has 2 N–H and O–H groups in total. The van der Waals surface area contributed by atoms with Crippen LogP contribution in [0.15, 0.2) is 47.3 Å². The number of nitrogens with one attached hydrogen (secondary N) is 1. The lowest BCUT2D eigenvalue weighted by Gasteiger charge is -2.38. The Labute approximate surface area is 192 Å². The molecule has 1 aromatic carbocycles. The molecule has 2 aromatic rings. The first-order valence-corrected chi connectivity index (χ1v) is 12.1. The van der Waals surface area contributed by atoms with E-state index in [-0.39, 0.29) is 35.9 Å². The van der Waals surface area contributed by atoms with E-state index in [9.17, 15) is 19.5 Å². The third kappa shape index (κ3) is 3.41. The van der Waals surface area contributed by atoms with Crippen molar-refractivity contribution in [2.75, 3.05) is 13.2 Å². The van der Waals surface area contributed by atoms with E-state index in [0.29, 0.717) is 30.3 Å². The lowest BCUT2D eigenvalue weighted by molar-refractivity contribution is -0.138. The standard InChI is InChI=1S/C26H29N3O4/c30-14-19-21-13-28-20(11-10-18(26(28)33)16-4-2-1-3-5-16)23(29(21)25(32)17-8-9-17)22(19)24(31)27-12-15-6-7-15/h1-5,10-11,15,17,19,21-23,30H,6-9,12-14H2,(H,27,31)/t19-,21-,22+,23+/m1/s1. The van der Waals surface area contributed by atoms with Gasteiger partial charge in [-0.15, -0.1) is 0 Å². The van der Waals surface area contributed by atoms with Crippen molar-refractivity contribution in [3.05, 3.63) is 58.5 Å². The molecule has 0 radical (unpaired) electrons. The van der Waals surface area contributed by atoms with Crippen LogP contribution in [0.3, 0.4) is 0 Å². The zero-order valence-electron chi connectivity index (χ0n) is 18.5. The van der Waals surface area contributed by atoms with Crippen molar-refractivity contribution >= 4 is 11.8 Å². The highest BCUT2D eigenvalue weighted by Crippen LogP contribution is 2.50. The molecule has 0 spiro atoms. The Morgan fingerprint density at radius 2 is 1.79 bits per heavy atom. The average molecular weight is 448 g/mol. The van der Waals surface area contributed by atoms with Gasteiger partial charge in [-0.25, -0.2) is 0 Å². The molecule has 2 aliphatic heterocycles. The highest BCUT2D eigenvalue weighted by Gasteiger charge is 2.58. The minimum absolute atomic E-state index is 0.00415. The molecular weight excluding hydrogens is 418 g/mol. The van der Waals surface area contributed by atoms with E-state index < -0.39 is 17.9 Å². The van der Waals surface area contributed by atoms with Gasteiger partial charge in [-0.05, 0) is 49.3 Å². The molecule has 6 rings (SSSR count). The Bertz CT molecular complexity index is 1150. The number of nitrogens with zero attached hydrogens (tertiary/aromatic N) is 2. The average Bonchev–Trinajstić information content (AvgIpc) is 3.75. The molecule has 7 heteroatoms. The predicted molar refractivity (Wildman–Crippen MR) is 122 cm³/mol. The van der Waals surface area contributed by atoms with Crippen molar-refractivity contribution < 1.29 is 14.7 Å². The number of carbonyl (C=O) groups is 2. The lowest BCUT2D eigenvalue weighted by atomic mass is 9.86. The van der Waals surface area contributed by atoms with Crippen LogP contribution in [0.2, 0.25) is 0 Å². The number of aromatic nitrogens is 1. The number of fused-ring (bicyclic) bond motifs is 4. The number of amides is 2. The molecule has 2 saturated carbocycles. The Kier molecular flexibility index (Phi) is 4.91. The SMILES string of the molecule is O=C(NCC1CC1)[C@H]1[C@H](CO)[C@H]2Cn3c(ccc(-c4ccccc4)c3=O)[C@@H]1N2C(=O)C1CC1. The van der Waals surface area contributed by atoms with E-state index in [1.807, 2.05) is 47.4 Å². The molecule has 4 aliphatic rings. The largest absolute Gasteiger partial charge is 0.396 e. The number of carbonyl (C=O) groups excluding carboxylic acids is 2. The second-order valence-electron chi connectivity index (χ2n) is 10.0. The fraction of sp³-hybridized carbons (Fsp3) is 0.500. The highest BCUT2D eigenvalue weighted by molar-refractivity contribution is 5.86. The molecule has 172 valence electrons. The summed E-state index contributed by atoms with van der Waals surface area (Å²) < 4.78 is 1.74. The molecule has 0 unspecified atom stereocenters. The van der Waals surface area contributed by atoms with Gasteiger partial charge >= 0.3 is 0 Å². The van der Waals surface area contributed by atoms with Crippen LogP contribution in [0.1, 0.15) is 37.4 Å². The molecule has 3 fully saturated rings. The van der Waals surface area contributed by atoms with Gasteiger partial charge in [0.05, 0.1) is 18.0 Å². The predicted octanol–water partition coefficient (Wildman–Crippen LogP) is 1.94. The number of hydrogen-bond acceptors (Lipinski definition) is 4. The van der Waals surface area contributed by atoms with Crippen LogP contribution in [0, 0.1) is 23.7 Å². The van der Waals surface area contributed by atoms with E-state index >= 15 is 0 Å². The van der Waals surface area contributed by atoms with E-state index in [1.165, 1.54) is 0 Å². The maximum atomic E-state index is 13.5. The number of aliphatic hydroxyl groups excluding tert-OH is 1. The summed E-state index contributed by atoms with van der Waals surface area (Å²) >= 11 is 0. The summed E-state index contributed by atoms with van der Waals surface area (Å²) in [5.41, 5.74) is 2.05. The summed E-state index contributed by atoms with van der Waals surface area (Å²) in [5, 5.41) is 13.4. The molecule has 4 atom stereocenters. The van der Waals surface area contributed by atoms with E-state index in [2.05, 4.69) is 5.32 Å². The van der Waals surface area contributed by atoms with Crippen molar-refractivity contribution in [1.82, 2.24) is 14.8 Å². The van der Waals surface area contributed by atoms with Crippen LogP contribution in [-0.4, -0.2) is 45.6 Å². The number of rotatable bonds is 6. The van der Waals surface area contributed by atoms with Crippen molar-refractivity contribution in [1.29, 1.82) is 0 Å². The van der Waals surface area contributed by atoms with Gasteiger partial charge < -0.3 is 19.9 Å². The lowest BCUT2D eigenvalue weighted by Crippen LogP contribution is -2.49. The fourth-order valence-electron chi connectivity index (χ4n) is 5.77. The summed E-state index contributed by atoms with van der Waals surface area (Å²) in [6, 6.07) is 12.4. The van der Waals surface area contributed by atoms with Crippen molar-refractivity contribution in [3.63, 3.8) is 0 Å². The van der Waals surface area contributed by atoms with Gasteiger partial charge in [0.2, 0.25) is 11.8 Å². The maximum Gasteiger partial charge on any atom is 0.258 e. The van der Waals surface area contributed by atoms with Gasteiger partial charge in [-0.1, -0.05) is 30.3 Å². The monoisotopic (exact) mass is 447 g/mol. The van der Waals surface area contributed by atoms with Gasteiger partial charge in [-0.2, -0.15) is 0 Å². The molecule has 2 aliphatic carbocycles. The summed E-state index contributed by atoms with van der Waals surface area (Å²) in [4.78, 5) is 42.1. The first-order chi connectivity index (χ1) is 16.1. The zero-order chi connectivity index (χ0) is 22.7. The summed E-state index contributed by atoms with van der Waals surface area (Å²) in [6.07, 6.45) is 4.01. The van der Waals surface area contributed by atoms with Crippen LogP contribution in [-0.2, 0) is 16.1 Å². The van der Waals surface area contributed by atoms with Crippen LogP contribution < -0.4 is 10.9 Å². The van der Waals surface area contributed by atoms with Gasteiger partial charge in [0.15, 0.2) is 0 Å². The molecule has 7 nitrogen and oxygen atoms in total. The Balaban J connectivity index is 1.44. The van der Waals surface area contributed by atoms with E-state index in [1.54, 1.807) is 4.57 Å². The van der Waals surface area contributed by atoms with Crippen LogP contribution in [0.4, 0.5) is 0 Å². The third-order valence-electron chi connectivity index (χ3n) is 7.87. The van der Waals surface area contributed by atoms with E-state index in [0.717, 1.165) is 31.2 Å². The maximum absolute atomic E-state index is 13.5. The minimum Gasteiger partial charge on any atom is -0.396 e. The first kappa shape index (κ1) is 20.7. The van der Waals surface area contributed by atoms with Gasteiger partial charge in [0, 0.05) is 42.8 Å². The van der Waals surface area contributed by atoms with Gasteiger partial charge in [0.25, 0.3) is 5.56 Å². The smallest absolute Gasteiger partial charge is 0.258 e. The van der Waals surface area contributed by atoms with Crippen LogP contribution >= 0.6 is 0 Å². The Hall–Kier alpha value is -2.93. The molecule has 2 bridgehead atoms. The second-order valence-corrected chi connectivity index (χ2v) is 10.0. The van der Waals surface area contributed by atoms with Crippen LogP contribution in [0.5, 0.6) is 0 Å².